The van der Waals surface area contributed by atoms with Gasteiger partial charge >= 0.3 is 0 Å². The van der Waals surface area contributed by atoms with Crippen molar-refractivity contribution in [3.63, 3.8) is 0 Å². The molecule has 0 bridgehead atoms. The monoisotopic (exact) mass is 280 g/mol. The molecule has 0 aliphatic heterocycles. The van der Waals surface area contributed by atoms with E-state index in [4.69, 9.17) is 9.84 Å². The highest BCUT2D eigenvalue weighted by Gasteiger charge is 2.34. The van der Waals surface area contributed by atoms with Crippen LogP contribution in [0, 0.1) is 0 Å². The van der Waals surface area contributed by atoms with E-state index in [9.17, 15) is 8.78 Å². The number of benzene rings is 1. The van der Waals surface area contributed by atoms with Crippen LogP contribution in [0.5, 0.6) is 5.75 Å². The number of methoxy groups -OCH3 is 1. The first-order valence-electron chi connectivity index (χ1n) is 4.34. The zero-order valence-electron chi connectivity index (χ0n) is 8.14. The predicted molar refractivity (Wildman–Crippen MR) is 56.3 cm³/mol. The average Bonchev–Trinajstić information content (AvgIpc) is 2.17. The summed E-state index contributed by atoms with van der Waals surface area (Å²) < 4.78 is 32.4. The lowest BCUT2D eigenvalue weighted by atomic mass is 10.0. The molecule has 0 heterocycles. The Hall–Kier alpha value is -0.680. The maximum atomic E-state index is 13.5. The highest BCUT2D eigenvalue weighted by Crippen LogP contribution is 2.38. The molecule has 0 unspecified atom stereocenters. The standard InChI is InChI=1S/C10H11BrF2O2/c1-15-9-3-2-7(11)6-8(9)10(12,13)4-5-14/h2-3,6,14H,4-5H2,1H3. The lowest BCUT2D eigenvalue weighted by Gasteiger charge is -2.18. The summed E-state index contributed by atoms with van der Waals surface area (Å²) in [6.45, 7) is -0.567. The van der Waals surface area contributed by atoms with Gasteiger partial charge in [0.2, 0.25) is 0 Å². The Kier molecular flexibility index (Phi) is 4.04. The largest absolute Gasteiger partial charge is 0.496 e. The molecule has 0 aromatic heterocycles. The molecule has 0 saturated heterocycles. The molecule has 0 aliphatic rings. The van der Waals surface area contributed by atoms with Crippen LogP contribution < -0.4 is 4.74 Å². The second kappa shape index (κ2) is 4.90. The van der Waals surface area contributed by atoms with Crippen LogP contribution in [0.3, 0.4) is 0 Å². The molecule has 1 rings (SSSR count). The van der Waals surface area contributed by atoms with Crippen molar-refractivity contribution in [3.8, 4) is 5.75 Å². The first-order valence-corrected chi connectivity index (χ1v) is 5.13. The lowest BCUT2D eigenvalue weighted by molar-refractivity contribution is -0.0288. The van der Waals surface area contributed by atoms with Crippen molar-refractivity contribution >= 4 is 15.9 Å². The van der Waals surface area contributed by atoms with Crippen molar-refractivity contribution in [1.29, 1.82) is 0 Å². The molecule has 84 valence electrons. The first kappa shape index (κ1) is 12.4. The first-order chi connectivity index (χ1) is 7.01. The summed E-state index contributed by atoms with van der Waals surface area (Å²) in [5, 5.41) is 8.56. The Balaban J connectivity index is 3.15. The molecule has 0 amide bonds. The third kappa shape index (κ3) is 2.89. The van der Waals surface area contributed by atoms with Gasteiger partial charge in [-0.1, -0.05) is 15.9 Å². The fourth-order valence-corrected chi connectivity index (χ4v) is 1.60. The number of aliphatic hydroxyl groups is 1. The number of hydrogen-bond acceptors (Lipinski definition) is 2. The third-order valence-electron chi connectivity index (χ3n) is 1.98. The quantitative estimate of drug-likeness (QED) is 0.919. The SMILES string of the molecule is COc1ccc(Br)cc1C(F)(F)CCO. The topological polar surface area (TPSA) is 29.5 Å². The zero-order valence-corrected chi connectivity index (χ0v) is 9.72. The van der Waals surface area contributed by atoms with Gasteiger partial charge in [-0.25, -0.2) is 8.78 Å². The number of alkyl halides is 2. The van der Waals surface area contributed by atoms with E-state index in [0.717, 1.165) is 0 Å². The van der Waals surface area contributed by atoms with Crippen molar-refractivity contribution < 1.29 is 18.6 Å². The van der Waals surface area contributed by atoms with Crippen LogP contribution >= 0.6 is 15.9 Å². The van der Waals surface area contributed by atoms with Crippen LogP contribution in [0.1, 0.15) is 12.0 Å². The molecule has 0 atom stereocenters. The second-order valence-corrected chi connectivity index (χ2v) is 3.94. The van der Waals surface area contributed by atoms with Crippen molar-refractivity contribution in [3.05, 3.63) is 28.2 Å². The molecule has 1 aromatic rings. The Labute approximate surface area is 95.0 Å². The minimum absolute atomic E-state index is 0.122. The highest BCUT2D eigenvalue weighted by molar-refractivity contribution is 9.10. The van der Waals surface area contributed by atoms with Gasteiger partial charge in [0.15, 0.2) is 0 Å². The van der Waals surface area contributed by atoms with Gasteiger partial charge in [-0.15, -0.1) is 0 Å². The maximum absolute atomic E-state index is 13.5. The molecule has 0 radical (unpaired) electrons. The van der Waals surface area contributed by atoms with E-state index in [1.165, 1.54) is 19.2 Å². The molecular weight excluding hydrogens is 270 g/mol. The van der Waals surface area contributed by atoms with Gasteiger partial charge in [0.25, 0.3) is 5.92 Å². The van der Waals surface area contributed by atoms with E-state index in [-0.39, 0.29) is 11.3 Å². The summed E-state index contributed by atoms with van der Waals surface area (Å²) in [7, 11) is 1.34. The average molecular weight is 281 g/mol. The van der Waals surface area contributed by atoms with E-state index in [1.54, 1.807) is 6.07 Å². The smallest absolute Gasteiger partial charge is 0.279 e. The van der Waals surface area contributed by atoms with E-state index in [2.05, 4.69) is 15.9 Å². The van der Waals surface area contributed by atoms with E-state index in [1.807, 2.05) is 0 Å². The van der Waals surface area contributed by atoms with Gasteiger partial charge in [0.1, 0.15) is 5.75 Å². The minimum Gasteiger partial charge on any atom is -0.496 e. The maximum Gasteiger partial charge on any atom is 0.279 e. The Morgan fingerprint density at radius 3 is 2.67 bits per heavy atom. The molecule has 0 fully saturated rings. The van der Waals surface area contributed by atoms with Crippen LogP contribution in [0.2, 0.25) is 0 Å². The van der Waals surface area contributed by atoms with Gasteiger partial charge in [0, 0.05) is 17.5 Å². The summed E-state index contributed by atoms with van der Waals surface area (Å²) in [5.41, 5.74) is -0.214. The van der Waals surface area contributed by atoms with Crippen molar-refractivity contribution in [2.45, 2.75) is 12.3 Å². The van der Waals surface area contributed by atoms with Crippen LogP contribution in [0.15, 0.2) is 22.7 Å². The Bertz CT molecular complexity index is 342. The van der Waals surface area contributed by atoms with Crippen molar-refractivity contribution in [2.24, 2.45) is 0 Å². The van der Waals surface area contributed by atoms with Gasteiger partial charge in [-0.2, -0.15) is 0 Å². The number of aliphatic hydroxyl groups excluding tert-OH is 1. The fraction of sp³-hybridized carbons (Fsp3) is 0.400. The fourth-order valence-electron chi connectivity index (χ4n) is 1.24. The van der Waals surface area contributed by atoms with Crippen molar-refractivity contribution in [1.82, 2.24) is 0 Å². The van der Waals surface area contributed by atoms with Gasteiger partial charge in [-0.3, -0.25) is 0 Å². The zero-order chi connectivity index (χ0) is 11.5. The van der Waals surface area contributed by atoms with Crippen LogP contribution in [0.25, 0.3) is 0 Å². The number of hydrogen-bond donors (Lipinski definition) is 1. The summed E-state index contributed by atoms with van der Waals surface area (Å²) in [5.74, 6) is -2.96. The predicted octanol–water partition coefficient (Wildman–Crippen LogP) is 2.93. The summed E-state index contributed by atoms with van der Waals surface area (Å²) in [6.07, 6.45) is -0.611. The summed E-state index contributed by atoms with van der Waals surface area (Å²) >= 11 is 3.12. The van der Waals surface area contributed by atoms with Gasteiger partial charge in [0.05, 0.1) is 12.7 Å². The molecule has 1 N–H and O–H groups in total. The normalized spacial score (nSPS) is 11.5. The number of halogens is 3. The van der Waals surface area contributed by atoms with Crippen LogP contribution in [0.4, 0.5) is 8.78 Å². The Morgan fingerprint density at radius 2 is 2.13 bits per heavy atom. The van der Waals surface area contributed by atoms with Gasteiger partial charge < -0.3 is 9.84 Å². The van der Waals surface area contributed by atoms with Gasteiger partial charge in [-0.05, 0) is 18.2 Å². The molecule has 2 nitrogen and oxygen atoms in total. The molecule has 15 heavy (non-hydrogen) atoms. The van der Waals surface area contributed by atoms with Crippen LogP contribution in [-0.2, 0) is 5.92 Å². The lowest BCUT2D eigenvalue weighted by Crippen LogP contribution is -2.16. The number of ether oxygens (including phenoxy) is 1. The van der Waals surface area contributed by atoms with E-state index >= 15 is 0 Å². The minimum atomic E-state index is -3.08. The molecule has 1 aromatic carbocycles. The molecule has 0 aliphatic carbocycles. The highest BCUT2D eigenvalue weighted by atomic mass is 79.9. The number of rotatable bonds is 4. The molecular formula is C10H11BrF2O2. The molecule has 5 heteroatoms. The Morgan fingerprint density at radius 1 is 1.47 bits per heavy atom. The second-order valence-electron chi connectivity index (χ2n) is 3.02. The van der Waals surface area contributed by atoms with Crippen LogP contribution in [-0.4, -0.2) is 18.8 Å². The summed E-state index contributed by atoms with van der Waals surface area (Å²) in [4.78, 5) is 0. The van der Waals surface area contributed by atoms with E-state index in [0.29, 0.717) is 4.47 Å². The third-order valence-corrected chi connectivity index (χ3v) is 2.47. The molecule has 0 saturated carbocycles. The van der Waals surface area contributed by atoms with Crippen molar-refractivity contribution in [2.75, 3.05) is 13.7 Å². The summed E-state index contributed by atoms with van der Waals surface area (Å²) in [6, 6.07) is 4.39. The van der Waals surface area contributed by atoms with E-state index < -0.39 is 19.0 Å². The molecule has 0 spiro atoms.